The van der Waals surface area contributed by atoms with Crippen LogP contribution < -0.4 is 11.1 Å². The van der Waals surface area contributed by atoms with Gasteiger partial charge >= 0.3 is 0 Å². The standard InChI is InChI=1S/C10H11N5/c11-9-6-12-7-10(15-9)14-5-8-3-1-2-4-13-8/h1-4,6-7H,5H2,(H3,11,14,15). The minimum absolute atomic E-state index is 0.404. The highest BCUT2D eigenvalue weighted by Crippen LogP contribution is 2.04. The molecule has 5 nitrogen and oxygen atoms in total. The van der Waals surface area contributed by atoms with E-state index >= 15 is 0 Å². The van der Waals surface area contributed by atoms with Crippen LogP contribution >= 0.6 is 0 Å². The average Bonchev–Trinajstić information content (AvgIpc) is 2.28. The van der Waals surface area contributed by atoms with Gasteiger partial charge in [-0.2, -0.15) is 0 Å². The van der Waals surface area contributed by atoms with Gasteiger partial charge in [-0.25, -0.2) is 4.98 Å². The van der Waals surface area contributed by atoms with E-state index in [1.54, 1.807) is 12.4 Å². The Labute approximate surface area is 87.4 Å². The van der Waals surface area contributed by atoms with Crippen molar-refractivity contribution in [2.45, 2.75) is 6.54 Å². The van der Waals surface area contributed by atoms with Crippen molar-refractivity contribution >= 4 is 11.6 Å². The molecular weight excluding hydrogens is 190 g/mol. The van der Waals surface area contributed by atoms with Gasteiger partial charge in [-0.3, -0.25) is 9.97 Å². The van der Waals surface area contributed by atoms with Crippen molar-refractivity contribution in [3.8, 4) is 0 Å². The number of nitrogens with one attached hydrogen (secondary N) is 1. The van der Waals surface area contributed by atoms with Crippen molar-refractivity contribution in [1.29, 1.82) is 0 Å². The number of pyridine rings is 1. The first-order valence-electron chi connectivity index (χ1n) is 4.56. The molecule has 0 bridgehead atoms. The minimum Gasteiger partial charge on any atom is -0.382 e. The molecule has 2 rings (SSSR count). The average molecular weight is 201 g/mol. The van der Waals surface area contributed by atoms with Crippen LogP contribution in [0.3, 0.4) is 0 Å². The Bertz CT molecular complexity index is 429. The van der Waals surface area contributed by atoms with E-state index in [2.05, 4.69) is 20.3 Å². The van der Waals surface area contributed by atoms with Crippen LogP contribution in [-0.4, -0.2) is 15.0 Å². The van der Waals surface area contributed by atoms with E-state index in [4.69, 9.17) is 5.73 Å². The predicted octanol–water partition coefficient (Wildman–Crippen LogP) is 1.07. The number of anilines is 2. The van der Waals surface area contributed by atoms with E-state index < -0.39 is 0 Å². The lowest BCUT2D eigenvalue weighted by molar-refractivity contribution is 1.02. The largest absolute Gasteiger partial charge is 0.382 e. The molecule has 0 saturated carbocycles. The number of aromatic nitrogens is 3. The number of rotatable bonds is 3. The molecule has 15 heavy (non-hydrogen) atoms. The molecule has 5 heteroatoms. The zero-order valence-corrected chi connectivity index (χ0v) is 8.09. The maximum absolute atomic E-state index is 5.50. The van der Waals surface area contributed by atoms with E-state index in [0.717, 1.165) is 5.69 Å². The maximum atomic E-state index is 5.50. The summed E-state index contributed by atoms with van der Waals surface area (Å²) in [6.45, 7) is 0.610. The van der Waals surface area contributed by atoms with Gasteiger partial charge in [0.05, 0.1) is 24.6 Å². The number of nitrogens with zero attached hydrogens (tertiary/aromatic N) is 3. The number of hydrogen-bond donors (Lipinski definition) is 2. The van der Waals surface area contributed by atoms with Crippen LogP contribution in [0.25, 0.3) is 0 Å². The van der Waals surface area contributed by atoms with Crippen LogP contribution in [0.1, 0.15) is 5.69 Å². The highest BCUT2D eigenvalue weighted by Gasteiger charge is 1.96. The van der Waals surface area contributed by atoms with Gasteiger partial charge in [-0.05, 0) is 12.1 Å². The summed E-state index contributed by atoms with van der Waals surface area (Å²) in [6.07, 6.45) is 4.88. The monoisotopic (exact) mass is 201 g/mol. The predicted molar refractivity (Wildman–Crippen MR) is 58.0 cm³/mol. The zero-order valence-electron chi connectivity index (χ0n) is 8.09. The van der Waals surface area contributed by atoms with Crippen molar-refractivity contribution in [2.75, 3.05) is 11.1 Å². The van der Waals surface area contributed by atoms with Gasteiger partial charge in [-0.15, -0.1) is 0 Å². The van der Waals surface area contributed by atoms with E-state index in [1.807, 2.05) is 18.2 Å². The Morgan fingerprint density at radius 1 is 1.27 bits per heavy atom. The van der Waals surface area contributed by atoms with Crippen molar-refractivity contribution in [3.05, 3.63) is 42.5 Å². The van der Waals surface area contributed by atoms with Gasteiger partial charge in [0.15, 0.2) is 0 Å². The van der Waals surface area contributed by atoms with Gasteiger partial charge in [-0.1, -0.05) is 6.07 Å². The second-order valence-electron chi connectivity index (χ2n) is 3.00. The van der Waals surface area contributed by atoms with Crippen LogP contribution in [0.15, 0.2) is 36.8 Å². The third-order valence-corrected chi connectivity index (χ3v) is 1.83. The zero-order chi connectivity index (χ0) is 10.5. The molecule has 0 amide bonds. The lowest BCUT2D eigenvalue weighted by Crippen LogP contribution is -2.04. The summed E-state index contributed by atoms with van der Waals surface area (Å²) >= 11 is 0. The molecule has 0 atom stereocenters. The third kappa shape index (κ3) is 2.63. The SMILES string of the molecule is Nc1cncc(NCc2ccccn2)n1. The van der Waals surface area contributed by atoms with Gasteiger partial charge < -0.3 is 11.1 Å². The maximum Gasteiger partial charge on any atom is 0.147 e. The van der Waals surface area contributed by atoms with Crippen molar-refractivity contribution in [3.63, 3.8) is 0 Å². The molecule has 0 radical (unpaired) electrons. The summed E-state index contributed by atoms with van der Waals surface area (Å²) in [7, 11) is 0. The fourth-order valence-electron chi connectivity index (χ4n) is 1.15. The quantitative estimate of drug-likeness (QED) is 0.776. The molecule has 0 aliphatic rings. The molecule has 2 heterocycles. The molecule has 76 valence electrons. The van der Waals surface area contributed by atoms with Crippen LogP contribution in [0, 0.1) is 0 Å². The fourth-order valence-corrected chi connectivity index (χ4v) is 1.15. The highest BCUT2D eigenvalue weighted by molar-refractivity contribution is 5.38. The summed E-state index contributed by atoms with van der Waals surface area (Å²) in [5.74, 6) is 1.06. The van der Waals surface area contributed by atoms with Gasteiger partial charge in [0.2, 0.25) is 0 Å². The van der Waals surface area contributed by atoms with E-state index in [9.17, 15) is 0 Å². The summed E-state index contributed by atoms with van der Waals surface area (Å²) in [5, 5.41) is 3.09. The molecule has 2 aromatic heterocycles. The lowest BCUT2D eigenvalue weighted by atomic mass is 10.3. The topological polar surface area (TPSA) is 76.7 Å². The Morgan fingerprint density at radius 3 is 2.93 bits per heavy atom. The second kappa shape index (κ2) is 4.36. The molecule has 0 aliphatic heterocycles. The summed E-state index contributed by atoms with van der Waals surface area (Å²) < 4.78 is 0. The number of nitrogen functional groups attached to an aromatic ring is 1. The fraction of sp³-hybridized carbons (Fsp3) is 0.100. The van der Waals surface area contributed by atoms with Gasteiger partial charge in [0.25, 0.3) is 0 Å². The Hall–Kier alpha value is -2.17. The van der Waals surface area contributed by atoms with Crippen LogP contribution in [0.5, 0.6) is 0 Å². The second-order valence-corrected chi connectivity index (χ2v) is 3.00. The summed E-state index contributed by atoms with van der Waals surface area (Å²) in [6, 6.07) is 5.76. The highest BCUT2D eigenvalue weighted by atomic mass is 15.0. The first-order valence-corrected chi connectivity index (χ1v) is 4.56. The number of hydrogen-bond acceptors (Lipinski definition) is 5. The Morgan fingerprint density at radius 2 is 2.20 bits per heavy atom. The molecule has 0 aromatic carbocycles. The first-order chi connectivity index (χ1) is 7.34. The van der Waals surface area contributed by atoms with E-state index in [1.165, 1.54) is 6.20 Å². The van der Waals surface area contributed by atoms with Gasteiger partial charge in [0.1, 0.15) is 11.6 Å². The van der Waals surface area contributed by atoms with Crippen molar-refractivity contribution in [2.24, 2.45) is 0 Å². The molecule has 0 fully saturated rings. The van der Waals surface area contributed by atoms with Crippen LogP contribution in [-0.2, 0) is 6.54 Å². The first kappa shape index (κ1) is 9.39. The molecule has 0 aliphatic carbocycles. The molecule has 0 spiro atoms. The Kier molecular flexibility index (Phi) is 2.73. The summed E-state index contributed by atoms with van der Waals surface area (Å²) in [5.41, 5.74) is 6.44. The van der Waals surface area contributed by atoms with Crippen LogP contribution in [0.2, 0.25) is 0 Å². The lowest BCUT2D eigenvalue weighted by Gasteiger charge is -2.04. The van der Waals surface area contributed by atoms with E-state index in [-0.39, 0.29) is 0 Å². The normalized spacial score (nSPS) is 9.87. The molecular formula is C10H11N5. The van der Waals surface area contributed by atoms with Crippen molar-refractivity contribution in [1.82, 2.24) is 15.0 Å². The van der Waals surface area contributed by atoms with Crippen molar-refractivity contribution < 1.29 is 0 Å². The summed E-state index contributed by atoms with van der Waals surface area (Å²) in [4.78, 5) is 12.2. The van der Waals surface area contributed by atoms with E-state index in [0.29, 0.717) is 18.2 Å². The molecule has 0 saturated heterocycles. The Balaban J connectivity index is 1.99. The van der Waals surface area contributed by atoms with Gasteiger partial charge in [0, 0.05) is 6.20 Å². The molecule has 2 aromatic rings. The minimum atomic E-state index is 0.404. The molecule has 0 unspecified atom stereocenters. The van der Waals surface area contributed by atoms with Crippen LogP contribution in [0.4, 0.5) is 11.6 Å². The number of nitrogens with two attached hydrogens (primary N) is 1. The smallest absolute Gasteiger partial charge is 0.147 e. The third-order valence-electron chi connectivity index (χ3n) is 1.83. The molecule has 3 N–H and O–H groups in total.